The Labute approximate surface area is 162 Å². The van der Waals surface area contributed by atoms with Crippen molar-refractivity contribution in [2.75, 3.05) is 32.7 Å². The molecule has 2 fully saturated rings. The van der Waals surface area contributed by atoms with E-state index in [1.54, 1.807) is 4.90 Å². The Balaban J connectivity index is 1.37. The van der Waals surface area contributed by atoms with Gasteiger partial charge in [-0.15, -0.1) is 0 Å². The molecule has 2 unspecified atom stereocenters. The summed E-state index contributed by atoms with van der Waals surface area (Å²) >= 11 is 0. The zero-order chi connectivity index (χ0) is 19.9. The largest absolute Gasteiger partial charge is 0.471 e. The average Bonchev–Trinajstić information content (AvgIpc) is 3.33. The predicted octanol–water partition coefficient (Wildman–Crippen LogP) is 2.37. The highest BCUT2D eigenvalue weighted by atomic mass is 19.4. The first-order valence-corrected chi connectivity index (χ1v) is 9.84. The van der Waals surface area contributed by atoms with E-state index in [9.17, 15) is 22.8 Å². The van der Waals surface area contributed by atoms with Gasteiger partial charge in [-0.1, -0.05) is 24.3 Å². The molecule has 1 aromatic rings. The van der Waals surface area contributed by atoms with Crippen LogP contribution in [0.3, 0.4) is 0 Å². The third kappa shape index (κ3) is 3.50. The van der Waals surface area contributed by atoms with Crippen LogP contribution in [0.25, 0.3) is 0 Å². The highest BCUT2D eigenvalue weighted by Crippen LogP contribution is 2.36. The number of carbonyl (C=O) groups is 2. The minimum Gasteiger partial charge on any atom is -0.338 e. The van der Waals surface area contributed by atoms with Crippen LogP contribution in [0, 0.1) is 0 Å². The van der Waals surface area contributed by atoms with Gasteiger partial charge in [0.15, 0.2) is 0 Å². The Morgan fingerprint density at radius 3 is 2.39 bits per heavy atom. The number of likely N-dealkylation sites (tertiary alicyclic amines) is 1. The molecule has 2 saturated heterocycles. The van der Waals surface area contributed by atoms with E-state index in [-0.39, 0.29) is 12.5 Å². The minimum atomic E-state index is -4.93. The maximum atomic E-state index is 12.8. The van der Waals surface area contributed by atoms with Gasteiger partial charge in [-0.3, -0.25) is 14.5 Å². The van der Waals surface area contributed by atoms with Crippen molar-refractivity contribution in [3.8, 4) is 0 Å². The average molecular weight is 395 g/mol. The van der Waals surface area contributed by atoms with Gasteiger partial charge in [0.1, 0.15) is 6.04 Å². The first kappa shape index (κ1) is 19.2. The highest BCUT2D eigenvalue weighted by molar-refractivity contribution is 5.90. The van der Waals surface area contributed by atoms with Crippen molar-refractivity contribution in [3.05, 3.63) is 35.4 Å². The van der Waals surface area contributed by atoms with E-state index in [1.165, 1.54) is 11.1 Å². The molecule has 152 valence electrons. The lowest BCUT2D eigenvalue weighted by Crippen LogP contribution is -2.56. The summed E-state index contributed by atoms with van der Waals surface area (Å²) in [5.41, 5.74) is 2.72. The van der Waals surface area contributed by atoms with Crippen LogP contribution in [0.5, 0.6) is 0 Å². The molecule has 2 amide bonds. The molecule has 0 saturated carbocycles. The van der Waals surface area contributed by atoms with Gasteiger partial charge in [0.05, 0.1) is 0 Å². The van der Waals surface area contributed by atoms with Gasteiger partial charge in [-0.2, -0.15) is 13.2 Å². The Bertz CT molecular complexity index is 759. The fourth-order valence-electron chi connectivity index (χ4n) is 4.81. The van der Waals surface area contributed by atoms with Crippen LogP contribution in [0.2, 0.25) is 0 Å². The van der Waals surface area contributed by atoms with E-state index in [1.807, 2.05) is 12.1 Å². The van der Waals surface area contributed by atoms with E-state index in [0.717, 1.165) is 12.8 Å². The summed E-state index contributed by atoms with van der Waals surface area (Å²) in [5, 5.41) is 0. The Kier molecular flexibility index (Phi) is 5.07. The second-order valence-corrected chi connectivity index (χ2v) is 7.77. The Hall–Kier alpha value is -2.09. The number of aryl methyl sites for hydroxylation is 1. The molecule has 0 N–H and O–H groups in total. The second kappa shape index (κ2) is 7.39. The molecule has 3 aliphatic rings. The van der Waals surface area contributed by atoms with Gasteiger partial charge in [0.25, 0.3) is 0 Å². The van der Waals surface area contributed by atoms with Crippen LogP contribution < -0.4 is 0 Å². The van der Waals surface area contributed by atoms with Gasteiger partial charge >= 0.3 is 12.1 Å². The van der Waals surface area contributed by atoms with Crippen molar-refractivity contribution in [2.45, 2.75) is 43.9 Å². The third-order valence-corrected chi connectivity index (χ3v) is 6.21. The molecule has 0 spiro atoms. The number of hydrogen-bond donors (Lipinski definition) is 0. The molecule has 2 heterocycles. The van der Waals surface area contributed by atoms with Crippen LogP contribution in [-0.4, -0.2) is 71.5 Å². The molecule has 5 nitrogen and oxygen atoms in total. The molecule has 1 aliphatic carbocycles. The molecule has 0 bridgehead atoms. The number of benzene rings is 1. The third-order valence-electron chi connectivity index (χ3n) is 6.21. The van der Waals surface area contributed by atoms with Crippen molar-refractivity contribution in [3.63, 3.8) is 0 Å². The number of nitrogens with zero attached hydrogens (tertiary/aromatic N) is 3. The number of piperazine rings is 1. The molecule has 1 aromatic carbocycles. The summed E-state index contributed by atoms with van der Waals surface area (Å²) in [6.45, 7) is 2.37. The summed E-state index contributed by atoms with van der Waals surface area (Å²) in [6, 6.07) is 7.78. The Morgan fingerprint density at radius 2 is 1.68 bits per heavy atom. The van der Waals surface area contributed by atoms with E-state index in [4.69, 9.17) is 0 Å². The molecule has 0 aromatic heterocycles. The summed E-state index contributed by atoms with van der Waals surface area (Å²) in [4.78, 5) is 29.1. The number of hydrogen-bond acceptors (Lipinski definition) is 3. The van der Waals surface area contributed by atoms with E-state index < -0.39 is 18.1 Å². The highest BCUT2D eigenvalue weighted by Gasteiger charge is 2.48. The summed E-state index contributed by atoms with van der Waals surface area (Å²) in [7, 11) is 0. The standard InChI is InChI=1S/C20H24F3N3O2/c21-20(22,23)19(28)26-9-3-6-17(26)18(27)25-12-10-24(11-13-25)16-8-7-14-4-1-2-5-15(14)16/h1-2,4-5,16-17H,3,6-13H2. The summed E-state index contributed by atoms with van der Waals surface area (Å²) < 4.78 is 38.4. The maximum absolute atomic E-state index is 12.8. The summed E-state index contributed by atoms with van der Waals surface area (Å²) in [6.07, 6.45) is -2.09. The predicted molar refractivity (Wildman–Crippen MR) is 96.4 cm³/mol. The van der Waals surface area contributed by atoms with Crippen LogP contribution in [0.1, 0.15) is 36.4 Å². The van der Waals surface area contributed by atoms with Gasteiger partial charge in [-0.05, 0) is 36.8 Å². The quantitative estimate of drug-likeness (QED) is 0.772. The molecule has 2 atom stereocenters. The molecule has 2 aliphatic heterocycles. The van der Waals surface area contributed by atoms with Crippen LogP contribution in [0.4, 0.5) is 13.2 Å². The fraction of sp³-hybridized carbons (Fsp3) is 0.600. The van der Waals surface area contributed by atoms with E-state index >= 15 is 0 Å². The van der Waals surface area contributed by atoms with Crippen molar-refractivity contribution in [1.29, 1.82) is 0 Å². The number of halogens is 3. The van der Waals surface area contributed by atoms with E-state index in [0.29, 0.717) is 50.0 Å². The Morgan fingerprint density at radius 1 is 0.964 bits per heavy atom. The van der Waals surface area contributed by atoms with Gasteiger partial charge < -0.3 is 9.80 Å². The monoisotopic (exact) mass is 395 g/mol. The number of carbonyl (C=O) groups excluding carboxylic acids is 2. The minimum absolute atomic E-state index is 0.00638. The van der Waals surface area contributed by atoms with Crippen LogP contribution in [0.15, 0.2) is 24.3 Å². The first-order chi connectivity index (χ1) is 13.4. The summed E-state index contributed by atoms with van der Waals surface area (Å²) in [5.74, 6) is -2.24. The number of fused-ring (bicyclic) bond motifs is 1. The number of alkyl halides is 3. The lowest BCUT2D eigenvalue weighted by atomic mass is 10.1. The van der Waals surface area contributed by atoms with Crippen LogP contribution >= 0.6 is 0 Å². The van der Waals surface area contributed by atoms with Crippen molar-refractivity contribution < 1.29 is 22.8 Å². The number of rotatable bonds is 2. The smallest absolute Gasteiger partial charge is 0.338 e. The molecule has 0 radical (unpaired) electrons. The molecular weight excluding hydrogens is 371 g/mol. The number of amides is 2. The van der Waals surface area contributed by atoms with Gasteiger partial charge in [0, 0.05) is 38.8 Å². The zero-order valence-electron chi connectivity index (χ0n) is 15.6. The van der Waals surface area contributed by atoms with Gasteiger partial charge in [0.2, 0.25) is 5.91 Å². The normalized spacial score (nSPS) is 25.8. The molecule has 8 heteroatoms. The second-order valence-electron chi connectivity index (χ2n) is 7.77. The van der Waals surface area contributed by atoms with Crippen LogP contribution in [-0.2, 0) is 16.0 Å². The SMILES string of the molecule is O=C(C1CCCN1C(=O)C(F)(F)F)N1CCN(C2CCc3ccccc32)CC1. The van der Waals surface area contributed by atoms with Crippen molar-refractivity contribution in [2.24, 2.45) is 0 Å². The van der Waals surface area contributed by atoms with Gasteiger partial charge in [-0.25, -0.2) is 0 Å². The topological polar surface area (TPSA) is 43.9 Å². The fourth-order valence-corrected chi connectivity index (χ4v) is 4.81. The molecule has 28 heavy (non-hydrogen) atoms. The zero-order valence-corrected chi connectivity index (χ0v) is 15.6. The molecule has 4 rings (SSSR count). The first-order valence-electron chi connectivity index (χ1n) is 9.84. The van der Waals surface area contributed by atoms with Crippen molar-refractivity contribution in [1.82, 2.24) is 14.7 Å². The maximum Gasteiger partial charge on any atom is 0.471 e. The lowest BCUT2D eigenvalue weighted by Gasteiger charge is -2.40. The molecular formula is C20H24F3N3O2. The lowest BCUT2D eigenvalue weighted by molar-refractivity contribution is -0.187. The van der Waals surface area contributed by atoms with Crippen molar-refractivity contribution >= 4 is 11.8 Å². The van der Waals surface area contributed by atoms with E-state index in [2.05, 4.69) is 17.0 Å².